The van der Waals surface area contributed by atoms with Crippen molar-refractivity contribution in [2.75, 3.05) is 0 Å². The SMILES string of the molecule is CC(C)ONC(=O)C1CC1C. The van der Waals surface area contributed by atoms with E-state index in [4.69, 9.17) is 4.84 Å². The molecule has 11 heavy (non-hydrogen) atoms. The van der Waals surface area contributed by atoms with Crippen LogP contribution in [0.5, 0.6) is 0 Å². The zero-order chi connectivity index (χ0) is 8.43. The number of rotatable bonds is 3. The van der Waals surface area contributed by atoms with E-state index in [-0.39, 0.29) is 17.9 Å². The Morgan fingerprint density at radius 1 is 1.64 bits per heavy atom. The van der Waals surface area contributed by atoms with Crippen LogP contribution in [0, 0.1) is 11.8 Å². The maximum absolute atomic E-state index is 11.1. The highest BCUT2D eigenvalue weighted by atomic mass is 16.7. The standard InChI is InChI=1S/C8H15NO2/c1-5(2)11-9-8(10)7-4-6(7)3/h5-7H,4H2,1-3H3,(H,9,10). The summed E-state index contributed by atoms with van der Waals surface area (Å²) in [5.41, 5.74) is 2.44. The predicted octanol–water partition coefficient (Wildman–Crippen LogP) is 1.10. The first-order chi connectivity index (χ1) is 5.11. The summed E-state index contributed by atoms with van der Waals surface area (Å²) >= 11 is 0. The van der Waals surface area contributed by atoms with Crippen molar-refractivity contribution in [1.82, 2.24) is 5.48 Å². The van der Waals surface area contributed by atoms with Gasteiger partial charge in [0.1, 0.15) is 0 Å². The lowest BCUT2D eigenvalue weighted by atomic mass is 10.3. The van der Waals surface area contributed by atoms with E-state index in [0.717, 1.165) is 6.42 Å². The molecule has 2 atom stereocenters. The zero-order valence-electron chi connectivity index (χ0n) is 7.26. The molecule has 0 aliphatic heterocycles. The third-order valence-corrected chi connectivity index (χ3v) is 1.84. The second-order valence-electron chi connectivity index (χ2n) is 3.45. The maximum atomic E-state index is 11.1. The number of carbonyl (C=O) groups excluding carboxylic acids is 1. The summed E-state index contributed by atoms with van der Waals surface area (Å²) in [7, 11) is 0. The van der Waals surface area contributed by atoms with Gasteiger partial charge in [-0.3, -0.25) is 9.63 Å². The van der Waals surface area contributed by atoms with E-state index >= 15 is 0 Å². The van der Waals surface area contributed by atoms with Crippen LogP contribution in [-0.4, -0.2) is 12.0 Å². The van der Waals surface area contributed by atoms with E-state index in [9.17, 15) is 4.79 Å². The Kier molecular flexibility index (Phi) is 2.49. The van der Waals surface area contributed by atoms with Crippen LogP contribution in [0.15, 0.2) is 0 Å². The van der Waals surface area contributed by atoms with Gasteiger partial charge in [-0.1, -0.05) is 6.92 Å². The number of nitrogens with one attached hydrogen (secondary N) is 1. The molecule has 1 rings (SSSR count). The molecule has 0 radical (unpaired) electrons. The van der Waals surface area contributed by atoms with Gasteiger partial charge in [0.2, 0.25) is 5.91 Å². The molecule has 1 fully saturated rings. The molecular weight excluding hydrogens is 142 g/mol. The molecule has 0 aromatic carbocycles. The van der Waals surface area contributed by atoms with Crippen LogP contribution in [0.3, 0.4) is 0 Å². The van der Waals surface area contributed by atoms with Crippen LogP contribution < -0.4 is 5.48 Å². The number of carbonyl (C=O) groups is 1. The van der Waals surface area contributed by atoms with Crippen LogP contribution in [0.4, 0.5) is 0 Å². The fourth-order valence-electron chi connectivity index (χ4n) is 0.939. The largest absolute Gasteiger partial charge is 0.272 e. The average molecular weight is 157 g/mol. The number of hydrogen-bond acceptors (Lipinski definition) is 2. The molecule has 3 nitrogen and oxygen atoms in total. The molecule has 0 spiro atoms. The molecule has 2 unspecified atom stereocenters. The molecule has 0 aromatic rings. The predicted molar refractivity (Wildman–Crippen MR) is 41.6 cm³/mol. The topological polar surface area (TPSA) is 38.3 Å². The molecule has 1 saturated carbocycles. The summed E-state index contributed by atoms with van der Waals surface area (Å²) in [6.07, 6.45) is 1.07. The van der Waals surface area contributed by atoms with Crippen LogP contribution in [0.2, 0.25) is 0 Å². The summed E-state index contributed by atoms with van der Waals surface area (Å²) in [6, 6.07) is 0. The van der Waals surface area contributed by atoms with Crippen molar-refractivity contribution in [3.05, 3.63) is 0 Å². The van der Waals surface area contributed by atoms with Crippen molar-refractivity contribution in [2.24, 2.45) is 11.8 Å². The minimum atomic E-state index is 0.0335. The lowest BCUT2D eigenvalue weighted by Gasteiger charge is -2.07. The van der Waals surface area contributed by atoms with Gasteiger partial charge in [0.15, 0.2) is 0 Å². The highest BCUT2D eigenvalue weighted by molar-refractivity contribution is 5.80. The Morgan fingerprint density at radius 3 is 2.55 bits per heavy atom. The van der Waals surface area contributed by atoms with E-state index in [1.165, 1.54) is 0 Å². The molecule has 0 aromatic heterocycles. The van der Waals surface area contributed by atoms with Gasteiger partial charge in [-0.25, -0.2) is 5.48 Å². The van der Waals surface area contributed by atoms with E-state index in [1.54, 1.807) is 0 Å². The monoisotopic (exact) mass is 157 g/mol. The number of amides is 1. The second kappa shape index (κ2) is 3.22. The minimum absolute atomic E-state index is 0.0335. The molecule has 0 heterocycles. The lowest BCUT2D eigenvalue weighted by molar-refractivity contribution is -0.138. The first-order valence-corrected chi connectivity index (χ1v) is 4.06. The summed E-state index contributed by atoms with van der Waals surface area (Å²) in [4.78, 5) is 16.0. The van der Waals surface area contributed by atoms with Gasteiger partial charge >= 0.3 is 0 Å². The minimum Gasteiger partial charge on any atom is -0.272 e. The second-order valence-corrected chi connectivity index (χ2v) is 3.45. The van der Waals surface area contributed by atoms with Gasteiger partial charge in [-0.05, 0) is 26.2 Å². The first kappa shape index (κ1) is 8.53. The van der Waals surface area contributed by atoms with Gasteiger partial charge in [-0.15, -0.1) is 0 Å². The fraction of sp³-hybridized carbons (Fsp3) is 0.875. The normalized spacial score (nSPS) is 28.7. The Labute approximate surface area is 67.1 Å². The molecule has 1 aliphatic rings. The fourth-order valence-corrected chi connectivity index (χ4v) is 0.939. The smallest absolute Gasteiger partial charge is 0.246 e. The van der Waals surface area contributed by atoms with Gasteiger partial charge in [-0.2, -0.15) is 0 Å². The van der Waals surface area contributed by atoms with E-state index < -0.39 is 0 Å². The third-order valence-electron chi connectivity index (χ3n) is 1.84. The zero-order valence-corrected chi connectivity index (χ0v) is 7.26. The van der Waals surface area contributed by atoms with Crippen LogP contribution in [0.1, 0.15) is 27.2 Å². The van der Waals surface area contributed by atoms with Crippen molar-refractivity contribution < 1.29 is 9.63 Å². The quantitative estimate of drug-likeness (QED) is 0.623. The highest BCUT2D eigenvalue weighted by Crippen LogP contribution is 2.37. The molecule has 3 heteroatoms. The molecule has 1 N–H and O–H groups in total. The molecule has 0 bridgehead atoms. The van der Waals surface area contributed by atoms with E-state index in [0.29, 0.717) is 5.92 Å². The number of hydroxylamine groups is 1. The average Bonchev–Trinajstić information content (AvgIpc) is 2.61. The van der Waals surface area contributed by atoms with Crippen molar-refractivity contribution in [2.45, 2.75) is 33.3 Å². The van der Waals surface area contributed by atoms with Crippen molar-refractivity contribution >= 4 is 5.91 Å². The van der Waals surface area contributed by atoms with E-state index in [1.807, 2.05) is 13.8 Å². The first-order valence-electron chi connectivity index (χ1n) is 4.06. The van der Waals surface area contributed by atoms with Crippen LogP contribution >= 0.6 is 0 Å². The Hall–Kier alpha value is -0.570. The Balaban J connectivity index is 2.12. The summed E-state index contributed by atoms with van der Waals surface area (Å²) < 4.78 is 0. The van der Waals surface area contributed by atoms with Crippen LogP contribution in [-0.2, 0) is 9.63 Å². The van der Waals surface area contributed by atoms with Crippen molar-refractivity contribution in [3.63, 3.8) is 0 Å². The highest BCUT2D eigenvalue weighted by Gasteiger charge is 2.39. The lowest BCUT2D eigenvalue weighted by Crippen LogP contribution is -2.28. The van der Waals surface area contributed by atoms with Gasteiger partial charge in [0, 0.05) is 5.92 Å². The van der Waals surface area contributed by atoms with Gasteiger partial charge in [0.05, 0.1) is 6.10 Å². The molecule has 64 valence electrons. The molecule has 1 aliphatic carbocycles. The Bertz CT molecular complexity index is 156. The van der Waals surface area contributed by atoms with Crippen molar-refractivity contribution in [3.8, 4) is 0 Å². The summed E-state index contributed by atoms with van der Waals surface area (Å²) in [5, 5.41) is 0. The van der Waals surface area contributed by atoms with Crippen LogP contribution in [0.25, 0.3) is 0 Å². The molecular formula is C8H15NO2. The summed E-state index contributed by atoms with van der Waals surface area (Å²) in [6.45, 7) is 5.84. The third kappa shape index (κ3) is 2.50. The Morgan fingerprint density at radius 2 is 2.18 bits per heavy atom. The molecule has 0 saturated heterocycles. The van der Waals surface area contributed by atoms with Gasteiger partial charge in [0.25, 0.3) is 0 Å². The van der Waals surface area contributed by atoms with Gasteiger partial charge < -0.3 is 0 Å². The van der Waals surface area contributed by atoms with E-state index in [2.05, 4.69) is 12.4 Å². The maximum Gasteiger partial charge on any atom is 0.246 e. The summed E-state index contributed by atoms with van der Waals surface area (Å²) in [5.74, 6) is 0.783. The van der Waals surface area contributed by atoms with Crippen molar-refractivity contribution in [1.29, 1.82) is 0 Å². The number of hydrogen-bond donors (Lipinski definition) is 1. The molecule has 1 amide bonds.